The highest BCUT2D eigenvalue weighted by Crippen LogP contribution is 2.23. The zero-order valence-corrected chi connectivity index (χ0v) is 10.9. The molecule has 1 aliphatic rings. The van der Waals surface area contributed by atoms with E-state index in [1.165, 1.54) is 24.6 Å². The topological polar surface area (TPSA) is 21.3 Å². The summed E-state index contributed by atoms with van der Waals surface area (Å²) in [5.74, 6) is 0.661. The van der Waals surface area contributed by atoms with Gasteiger partial charge in [0.15, 0.2) is 0 Å². The Bertz CT molecular complexity index is 368. The van der Waals surface area contributed by atoms with Gasteiger partial charge in [0.2, 0.25) is 0 Å². The first-order valence-corrected chi connectivity index (χ1v) is 6.91. The van der Waals surface area contributed by atoms with Crippen molar-refractivity contribution >= 4 is 11.8 Å². The number of halogens is 1. The monoisotopic (exact) mass is 255 g/mol. The van der Waals surface area contributed by atoms with E-state index in [-0.39, 0.29) is 5.82 Å². The summed E-state index contributed by atoms with van der Waals surface area (Å²) in [6.07, 6.45) is 2.51. The van der Waals surface area contributed by atoms with Gasteiger partial charge in [-0.3, -0.25) is 0 Å². The molecular weight excluding hydrogens is 237 g/mol. The van der Waals surface area contributed by atoms with Crippen LogP contribution >= 0.6 is 11.8 Å². The summed E-state index contributed by atoms with van der Waals surface area (Å²) in [6.45, 7) is 1.42. The average Bonchev–Trinajstić information content (AvgIpc) is 3.13. The van der Waals surface area contributed by atoms with Crippen molar-refractivity contribution in [3.8, 4) is 0 Å². The normalized spacial score (nSPS) is 15.2. The summed E-state index contributed by atoms with van der Waals surface area (Å²) in [5.41, 5.74) is 1.02. The van der Waals surface area contributed by atoms with Crippen molar-refractivity contribution in [2.45, 2.75) is 30.3 Å². The molecule has 4 heteroatoms. The fourth-order valence-electron chi connectivity index (χ4n) is 1.56. The second-order valence-electron chi connectivity index (χ2n) is 4.26. The van der Waals surface area contributed by atoms with Gasteiger partial charge >= 0.3 is 0 Å². The summed E-state index contributed by atoms with van der Waals surface area (Å²) in [5, 5.41) is 3.38. The highest BCUT2D eigenvalue weighted by Gasteiger charge is 2.20. The predicted molar refractivity (Wildman–Crippen MR) is 68.9 cm³/mol. The van der Waals surface area contributed by atoms with Gasteiger partial charge in [0, 0.05) is 30.3 Å². The standard InChI is InChI=1S/C13H18FNOS/c1-16-6-7-17-13-5-2-10(8-12(13)14)9-15-11-3-4-11/h2,5,8,11,15H,3-4,6-7,9H2,1H3. The summed E-state index contributed by atoms with van der Waals surface area (Å²) >= 11 is 1.50. The van der Waals surface area contributed by atoms with E-state index in [0.717, 1.165) is 17.9 Å². The largest absolute Gasteiger partial charge is 0.384 e. The van der Waals surface area contributed by atoms with Crippen LogP contribution in [-0.2, 0) is 11.3 Å². The van der Waals surface area contributed by atoms with Crippen LogP contribution in [0.2, 0.25) is 0 Å². The lowest BCUT2D eigenvalue weighted by Gasteiger charge is -2.06. The number of hydrogen-bond donors (Lipinski definition) is 1. The molecule has 0 aromatic heterocycles. The zero-order chi connectivity index (χ0) is 12.1. The van der Waals surface area contributed by atoms with Gasteiger partial charge in [-0.2, -0.15) is 0 Å². The van der Waals surface area contributed by atoms with Crippen LogP contribution in [0, 0.1) is 5.82 Å². The Balaban J connectivity index is 1.85. The van der Waals surface area contributed by atoms with Crippen LogP contribution in [0.3, 0.4) is 0 Å². The Hall–Kier alpha value is -0.580. The molecule has 1 fully saturated rings. The maximum absolute atomic E-state index is 13.7. The van der Waals surface area contributed by atoms with Gasteiger partial charge in [0.05, 0.1) is 6.61 Å². The first kappa shape index (κ1) is 12.9. The lowest BCUT2D eigenvalue weighted by Crippen LogP contribution is -2.15. The molecule has 0 saturated heterocycles. The van der Waals surface area contributed by atoms with Crippen molar-refractivity contribution < 1.29 is 9.13 Å². The number of methoxy groups -OCH3 is 1. The molecule has 1 aromatic carbocycles. The molecule has 1 N–H and O–H groups in total. The van der Waals surface area contributed by atoms with Crippen molar-refractivity contribution in [2.24, 2.45) is 0 Å². The van der Waals surface area contributed by atoms with Crippen LogP contribution < -0.4 is 5.32 Å². The van der Waals surface area contributed by atoms with Crippen molar-refractivity contribution in [2.75, 3.05) is 19.5 Å². The van der Waals surface area contributed by atoms with E-state index in [4.69, 9.17) is 4.74 Å². The minimum Gasteiger partial charge on any atom is -0.384 e. The molecule has 2 rings (SSSR count). The maximum Gasteiger partial charge on any atom is 0.137 e. The first-order valence-electron chi connectivity index (χ1n) is 5.93. The molecule has 2 nitrogen and oxygen atoms in total. The Kier molecular flexibility index (Phi) is 4.83. The third-order valence-electron chi connectivity index (χ3n) is 2.71. The molecule has 0 heterocycles. The van der Waals surface area contributed by atoms with Gasteiger partial charge < -0.3 is 10.1 Å². The number of hydrogen-bond acceptors (Lipinski definition) is 3. The third kappa shape index (κ3) is 4.30. The average molecular weight is 255 g/mol. The van der Waals surface area contributed by atoms with E-state index in [0.29, 0.717) is 17.5 Å². The summed E-state index contributed by atoms with van der Waals surface area (Å²) < 4.78 is 18.7. The first-order chi connectivity index (χ1) is 8.29. The smallest absolute Gasteiger partial charge is 0.137 e. The van der Waals surface area contributed by atoms with Crippen LogP contribution in [0.25, 0.3) is 0 Å². The van der Waals surface area contributed by atoms with Crippen LogP contribution in [0.1, 0.15) is 18.4 Å². The highest BCUT2D eigenvalue weighted by atomic mass is 32.2. The lowest BCUT2D eigenvalue weighted by atomic mass is 10.2. The fraction of sp³-hybridized carbons (Fsp3) is 0.538. The van der Waals surface area contributed by atoms with Gasteiger partial charge in [-0.05, 0) is 30.5 Å². The minimum atomic E-state index is -0.124. The Morgan fingerprint density at radius 3 is 2.94 bits per heavy atom. The quantitative estimate of drug-likeness (QED) is 0.598. The van der Waals surface area contributed by atoms with Gasteiger partial charge in [-0.1, -0.05) is 6.07 Å². The van der Waals surface area contributed by atoms with E-state index in [1.54, 1.807) is 13.2 Å². The molecule has 94 valence electrons. The Morgan fingerprint density at radius 1 is 1.47 bits per heavy atom. The summed E-state index contributed by atoms with van der Waals surface area (Å²) in [6, 6.07) is 6.14. The number of nitrogens with one attached hydrogen (secondary N) is 1. The van der Waals surface area contributed by atoms with E-state index < -0.39 is 0 Å². The summed E-state index contributed by atoms with van der Waals surface area (Å²) in [4.78, 5) is 0.706. The lowest BCUT2D eigenvalue weighted by molar-refractivity contribution is 0.218. The van der Waals surface area contributed by atoms with E-state index in [9.17, 15) is 4.39 Å². The van der Waals surface area contributed by atoms with Crippen molar-refractivity contribution in [1.29, 1.82) is 0 Å². The summed E-state index contributed by atoms with van der Waals surface area (Å²) in [7, 11) is 1.66. The van der Waals surface area contributed by atoms with E-state index in [2.05, 4.69) is 5.32 Å². The van der Waals surface area contributed by atoms with Crippen LogP contribution in [0.4, 0.5) is 4.39 Å². The van der Waals surface area contributed by atoms with Gasteiger partial charge in [-0.25, -0.2) is 4.39 Å². The molecule has 0 amide bonds. The van der Waals surface area contributed by atoms with Crippen LogP contribution in [-0.4, -0.2) is 25.5 Å². The number of thioether (sulfide) groups is 1. The number of ether oxygens (including phenoxy) is 1. The second-order valence-corrected chi connectivity index (χ2v) is 5.40. The molecule has 1 saturated carbocycles. The molecular formula is C13H18FNOS. The molecule has 0 radical (unpaired) electrons. The maximum atomic E-state index is 13.7. The van der Waals surface area contributed by atoms with Gasteiger partial charge in [0.25, 0.3) is 0 Å². The highest BCUT2D eigenvalue weighted by molar-refractivity contribution is 7.99. The van der Waals surface area contributed by atoms with Gasteiger partial charge in [-0.15, -0.1) is 11.8 Å². The van der Waals surface area contributed by atoms with Crippen molar-refractivity contribution in [3.63, 3.8) is 0 Å². The van der Waals surface area contributed by atoms with Gasteiger partial charge in [0.1, 0.15) is 5.82 Å². The van der Waals surface area contributed by atoms with Crippen molar-refractivity contribution in [1.82, 2.24) is 5.32 Å². The third-order valence-corrected chi connectivity index (χ3v) is 3.73. The molecule has 0 aliphatic heterocycles. The van der Waals surface area contributed by atoms with E-state index in [1.807, 2.05) is 12.1 Å². The number of rotatable bonds is 7. The Labute approximate surface area is 106 Å². The van der Waals surface area contributed by atoms with Crippen molar-refractivity contribution in [3.05, 3.63) is 29.6 Å². The Morgan fingerprint density at radius 2 is 2.29 bits per heavy atom. The van der Waals surface area contributed by atoms with Crippen LogP contribution in [0.15, 0.2) is 23.1 Å². The molecule has 1 aliphatic carbocycles. The molecule has 0 unspecified atom stereocenters. The zero-order valence-electron chi connectivity index (χ0n) is 10.0. The molecule has 0 spiro atoms. The molecule has 17 heavy (non-hydrogen) atoms. The SMILES string of the molecule is COCCSc1ccc(CNC2CC2)cc1F. The minimum absolute atomic E-state index is 0.124. The second kappa shape index (κ2) is 6.38. The number of benzene rings is 1. The van der Waals surface area contributed by atoms with Crippen LogP contribution in [0.5, 0.6) is 0 Å². The molecule has 0 atom stereocenters. The van der Waals surface area contributed by atoms with E-state index >= 15 is 0 Å². The molecule has 0 bridgehead atoms. The fourth-order valence-corrected chi connectivity index (χ4v) is 2.39. The molecule has 1 aromatic rings. The predicted octanol–water partition coefficient (Wildman–Crippen LogP) is 2.82.